The summed E-state index contributed by atoms with van der Waals surface area (Å²) in [6, 6.07) is 52.6. The number of rotatable bonds is 13. The zero-order valence-electron chi connectivity index (χ0n) is 35.1. The molecule has 0 saturated heterocycles. The van der Waals surface area contributed by atoms with E-state index in [2.05, 4.69) is 102 Å². The molecular weight excluding hydrogens is 989 g/mol. The number of benzene rings is 5. The Morgan fingerprint density at radius 1 is 0.554 bits per heavy atom. The summed E-state index contributed by atoms with van der Waals surface area (Å²) in [5.41, 5.74) is 6.45. The average Bonchev–Trinajstić information content (AvgIpc) is 4.17. The summed E-state index contributed by atoms with van der Waals surface area (Å²) in [6.45, 7) is 7.03. The maximum absolute atomic E-state index is 4.73. The first-order valence-corrected chi connectivity index (χ1v) is 21.0. The number of anilines is 6. The van der Waals surface area contributed by atoms with Crippen molar-refractivity contribution in [2.45, 2.75) is 25.9 Å². The number of unbranched alkanes of at least 4 members (excludes halogenated alkanes) is 1. The zero-order chi connectivity index (χ0) is 42.9. The molecule has 5 aromatic carbocycles. The van der Waals surface area contributed by atoms with Gasteiger partial charge < -0.3 is 24.3 Å². The van der Waals surface area contributed by atoms with Crippen LogP contribution in [0.25, 0.3) is 17.1 Å². The smallest absolute Gasteiger partial charge is 0.143 e. The second kappa shape index (κ2) is 20.3. The van der Waals surface area contributed by atoms with Crippen LogP contribution in [0, 0.1) is 37.9 Å². The Hall–Kier alpha value is -7.61. The summed E-state index contributed by atoms with van der Waals surface area (Å²) in [5.74, 6) is 3.40. The van der Waals surface area contributed by atoms with Crippen molar-refractivity contribution >= 4 is 34.6 Å². The van der Waals surface area contributed by atoms with E-state index >= 15 is 0 Å². The normalized spacial score (nSPS) is 12.6. The Morgan fingerprint density at radius 2 is 1.06 bits per heavy atom. The van der Waals surface area contributed by atoms with Gasteiger partial charge in [-0.15, -0.1) is 29.9 Å². The van der Waals surface area contributed by atoms with E-state index in [-0.39, 0.29) is 20.1 Å². The van der Waals surface area contributed by atoms with Gasteiger partial charge in [0.05, 0.1) is 5.21 Å². The average molecular weight is 1030 g/mol. The van der Waals surface area contributed by atoms with Crippen molar-refractivity contribution < 1.29 is 24.8 Å². The Bertz CT molecular complexity index is 2780. The molecule has 0 saturated carbocycles. The molecule has 2 aliphatic rings. The number of hydrogen-bond acceptors (Lipinski definition) is 11. The number of aromatic nitrogens is 10. The molecule has 1 radical (unpaired) electrons. The molecule has 0 N–H and O–H groups in total. The number of fused-ring (bicyclic) bond motifs is 2. The molecule has 0 atom stereocenters. The largest absolute Gasteiger partial charge is 0.485 e. The van der Waals surface area contributed by atoms with Crippen molar-refractivity contribution in [3.05, 3.63) is 213 Å². The molecule has 0 fully saturated rings. The van der Waals surface area contributed by atoms with E-state index in [1.165, 1.54) is 0 Å². The van der Waals surface area contributed by atoms with E-state index in [9.17, 15) is 0 Å². The molecule has 15 heteroatoms. The van der Waals surface area contributed by atoms with Gasteiger partial charge in [-0.25, -0.2) is 35.5 Å². The molecule has 65 heavy (non-hydrogen) atoms. The van der Waals surface area contributed by atoms with Crippen molar-refractivity contribution in [3.8, 4) is 17.1 Å². The summed E-state index contributed by atoms with van der Waals surface area (Å²) < 4.78 is 5.33. The Labute approximate surface area is 391 Å². The first-order chi connectivity index (χ1) is 31.7. The van der Waals surface area contributed by atoms with E-state index in [0.717, 1.165) is 83.1 Å². The van der Waals surface area contributed by atoms with Gasteiger partial charge in [-0.1, -0.05) is 90.8 Å². The van der Waals surface area contributed by atoms with Crippen LogP contribution in [0.5, 0.6) is 0 Å². The van der Waals surface area contributed by atoms with Crippen LogP contribution in [-0.4, -0.2) is 57.9 Å². The SMILES string of the molecule is [Ir].[c-]1c(-c2[c-][n+](Cc3ccccc3)nn2-c2ccccc2)nnn1Cc1ccccc1.[c-]1ccccc1N1[CH-]N(CCCCN2[CH-]N(c3[c-]cccc3)c3nccnc32)c2nccnc21. The third kappa shape index (κ3) is 9.81. The predicted octanol–water partition coefficient (Wildman–Crippen LogP) is 7.61. The standard InChI is InChI=1S/C26H22N8.C24H19N6.Ir/c1-3-9-21(10-4-1)33-19-31(23-25(33)29-15-13-27-23)17-7-8-18-32-20-34(22-11-5-2-6-12-22)26-24(32)28-14-16-30-26;1-4-10-20(11-5-1)16-28-18-23(25-26-28)24-19-29(17-21-12-6-2-7-13-21)27-30(24)22-14-8-3-9-15-22;/h1-6,9,11,13-16,19-20H,7-8,17-18H2;1-15H,16-17H2;/q-4;-1;. The van der Waals surface area contributed by atoms with Crippen LogP contribution in [-0.2, 0) is 33.2 Å². The van der Waals surface area contributed by atoms with Gasteiger partial charge in [-0.05, 0) is 49.2 Å². The third-order valence-corrected chi connectivity index (χ3v) is 10.5. The topological polar surface area (TPSA) is 117 Å². The molecular formula is C50H41IrN14-5. The van der Waals surface area contributed by atoms with Crippen LogP contribution < -0.4 is 24.3 Å². The molecule has 2 aliphatic heterocycles. The molecule has 0 amide bonds. The fourth-order valence-electron chi connectivity index (χ4n) is 7.47. The minimum absolute atomic E-state index is 0. The van der Waals surface area contributed by atoms with Crippen molar-refractivity contribution in [1.29, 1.82) is 0 Å². The fourth-order valence-corrected chi connectivity index (χ4v) is 7.47. The molecule has 0 bridgehead atoms. The van der Waals surface area contributed by atoms with E-state index in [1.807, 2.05) is 130 Å². The van der Waals surface area contributed by atoms with Gasteiger partial charge in [-0.2, -0.15) is 66.4 Å². The van der Waals surface area contributed by atoms with E-state index in [0.29, 0.717) is 18.8 Å². The molecule has 11 rings (SSSR count). The van der Waals surface area contributed by atoms with Gasteiger partial charge in [0.15, 0.2) is 0 Å². The first kappa shape index (κ1) is 42.7. The summed E-state index contributed by atoms with van der Waals surface area (Å²) in [7, 11) is 0. The second-order valence-electron chi connectivity index (χ2n) is 14.9. The maximum atomic E-state index is 4.73. The van der Waals surface area contributed by atoms with E-state index < -0.39 is 0 Å². The molecule has 6 heterocycles. The van der Waals surface area contributed by atoms with Crippen LogP contribution in [0.3, 0.4) is 0 Å². The van der Waals surface area contributed by atoms with Crippen molar-refractivity contribution in [2.75, 3.05) is 32.7 Å². The van der Waals surface area contributed by atoms with E-state index in [4.69, 9.17) is 5.21 Å². The number of para-hydroxylation sites is 3. The first-order valence-electron chi connectivity index (χ1n) is 21.0. The molecule has 14 nitrogen and oxygen atoms in total. The van der Waals surface area contributed by atoms with Gasteiger partial charge in [0.2, 0.25) is 0 Å². The van der Waals surface area contributed by atoms with Crippen LogP contribution in [0.15, 0.2) is 164 Å². The Balaban J connectivity index is 0.000000163. The van der Waals surface area contributed by atoms with Crippen LogP contribution >= 0.6 is 0 Å². The molecule has 0 spiro atoms. The van der Waals surface area contributed by atoms with Crippen LogP contribution in [0.2, 0.25) is 0 Å². The summed E-state index contributed by atoms with van der Waals surface area (Å²) in [6.07, 6.45) is 15.5. The van der Waals surface area contributed by atoms with Gasteiger partial charge in [0.25, 0.3) is 0 Å². The van der Waals surface area contributed by atoms with Gasteiger partial charge in [0, 0.05) is 51.4 Å². The number of hydrogen-bond donors (Lipinski definition) is 0. The minimum Gasteiger partial charge on any atom is -0.485 e. The molecule has 0 aliphatic carbocycles. The molecule has 325 valence electrons. The fraction of sp³-hybridized carbons (Fsp3) is 0.120. The Kier molecular flexibility index (Phi) is 13.3. The molecule has 0 unspecified atom stereocenters. The second-order valence-corrected chi connectivity index (χ2v) is 14.9. The quantitative estimate of drug-likeness (QED) is 0.0646. The summed E-state index contributed by atoms with van der Waals surface area (Å²) in [4.78, 5) is 26.7. The van der Waals surface area contributed by atoms with Crippen LogP contribution in [0.1, 0.15) is 24.0 Å². The maximum Gasteiger partial charge on any atom is 0.143 e. The Morgan fingerprint density at radius 3 is 1.60 bits per heavy atom. The van der Waals surface area contributed by atoms with Crippen molar-refractivity contribution in [2.24, 2.45) is 0 Å². The van der Waals surface area contributed by atoms with Crippen molar-refractivity contribution in [1.82, 2.24) is 44.8 Å². The molecule has 9 aromatic rings. The van der Waals surface area contributed by atoms with Crippen LogP contribution in [0.4, 0.5) is 34.6 Å². The number of nitrogens with zero attached hydrogens (tertiary/aromatic N) is 14. The minimum atomic E-state index is 0. The van der Waals surface area contributed by atoms with Gasteiger partial charge in [-0.3, -0.25) is 5.10 Å². The zero-order valence-corrected chi connectivity index (χ0v) is 37.5. The van der Waals surface area contributed by atoms with Crippen molar-refractivity contribution in [3.63, 3.8) is 0 Å². The molecule has 4 aromatic heterocycles. The summed E-state index contributed by atoms with van der Waals surface area (Å²) >= 11 is 0. The van der Waals surface area contributed by atoms with Gasteiger partial charge >= 0.3 is 0 Å². The monoisotopic (exact) mass is 1030 g/mol. The summed E-state index contributed by atoms with van der Waals surface area (Å²) in [5, 5.41) is 13.3. The predicted molar refractivity (Wildman–Crippen MR) is 243 cm³/mol. The van der Waals surface area contributed by atoms with Gasteiger partial charge in [0.1, 0.15) is 35.5 Å². The van der Waals surface area contributed by atoms with E-state index in [1.54, 1.807) is 34.2 Å². The third-order valence-electron chi connectivity index (χ3n) is 10.5.